The van der Waals surface area contributed by atoms with Crippen LogP contribution in [0, 0.1) is 5.41 Å². The number of hydrogen-bond donors (Lipinski definition) is 3. The maximum Gasteiger partial charge on any atom is 0.0531 e. The molecule has 1 rings (SSSR count). The number of hydrazone groups is 1. The molecule has 4 nitrogen and oxygen atoms in total. The van der Waals surface area contributed by atoms with Crippen LogP contribution in [0.15, 0.2) is 16.4 Å². The van der Waals surface area contributed by atoms with Gasteiger partial charge in [0.1, 0.15) is 0 Å². The van der Waals surface area contributed by atoms with Crippen LogP contribution in [0.5, 0.6) is 0 Å². The second kappa shape index (κ2) is 5.42. The molecule has 0 bridgehead atoms. The summed E-state index contributed by atoms with van der Waals surface area (Å²) in [5.74, 6) is 0. The van der Waals surface area contributed by atoms with Crippen LogP contribution in [-0.4, -0.2) is 25.0 Å². The molecule has 0 saturated carbocycles. The Morgan fingerprint density at radius 2 is 2.57 bits per heavy atom. The van der Waals surface area contributed by atoms with Crippen molar-refractivity contribution in [3.05, 3.63) is 11.3 Å². The molecule has 0 saturated heterocycles. The summed E-state index contributed by atoms with van der Waals surface area (Å²) in [6, 6.07) is 0.361. The Morgan fingerprint density at radius 1 is 1.79 bits per heavy atom. The number of nitrogens with one attached hydrogen (secondary N) is 3. The van der Waals surface area contributed by atoms with E-state index in [0.29, 0.717) is 6.04 Å². The van der Waals surface area contributed by atoms with Gasteiger partial charge >= 0.3 is 0 Å². The zero-order valence-electron chi connectivity index (χ0n) is 8.80. The van der Waals surface area contributed by atoms with Gasteiger partial charge in [0.2, 0.25) is 0 Å². The van der Waals surface area contributed by atoms with Gasteiger partial charge in [0, 0.05) is 31.1 Å². The molecule has 0 fully saturated rings. The summed E-state index contributed by atoms with van der Waals surface area (Å²) in [5.41, 5.74) is 5.17. The van der Waals surface area contributed by atoms with E-state index in [4.69, 9.17) is 5.41 Å². The number of hydrogen-bond acceptors (Lipinski definition) is 4. The molecule has 1 heterocycles. The monoisotopic (exact) mass is 194 g/mol. The summed E-state index contributed by atoms with van der Waals surface area (Å²) in [6.45, 7) is 4.97. The lowest BCUT2D eigenvalue weighted by Gasteiger charge is -2.13. The Morgan fingerprint density at radius 3 is 3.07 bits per heavy atom. The topological polar surface area (TPSA) is 60.3 Å². The minimum atomic E-state index is 0.361. The lowest BCUT2D eigenvalue weighted by molar-refractivity contribution is 0.582. The van der Waals surface area contributed by atoms with Gasteiger partial charge in [0.05, 0.1) is 6.04 Å². The van der Waals surface area contributed by atoms with Crippen molar-refractivity contribution in [2.45, 2.75) is 32.7 Å². The highest BCUT2D eigenvalue weighted by atomic mass is 15.3. The molecule has 0 aliphatic carbocycles. The molecule has 78 valence electrons. The van der Waals surface area contributed by atoms with Crippen LogP contribution >= 0.6 is 0 Å². The van der Waals surface area contributed by atoms with Crippen LogP contribution in [0.1, 0.15) is 26.7 Å². The molecule has 0 aromatic carbocycles. The zero-order valence-corrected chi connectivity index (χ0v) is 8.80. The van der Waals surface area contributed by atoms with Crippen molar-refractivity contribution in [1.29, 1.82) is 5.41 Å². The molecule has 1 aliphatic heterocycles. The summed E-state index contributed by atoms with van der Waals surface area (Å²) in [5, 5.41) is 14.5. The Hall–Kier alpha value is -1.32. The van der Waals surface area contributed by atoms with E-state index >= 15 is 0 Å². The Balaban J connectivity index is 2.52. The van der Waals surface area contributed by atoms with Crippen molar-refractivity contribution in [1.82, 2.24) is 10.7 Å². The SMILES string of the molecule is CCN/C(C)=C(\C=N)CC1CC=NN1. The summed E-state index contributed by atoms with van der Waals surface area (Å²) in [6.07, 6.45) is 5.13. The molecule has 0 aromatic rings. The quantitative estimate of drug-likeness (QED) is 0.577. The Labute approximate surface area is 85.0 Å². The molecule has 14 heavy (non-hydrogen) atoms. The predicted molar refractivity (Wildman–Crippen MR) is 59.8 cm³/mol. The van der Waals surface area contributed by atoms with E-state index in [9.17, 15) is 0 Å². The van der Waals surface area contributed by atoms with Gasteiger partial charge in [-0.3, -0.25) is 0 Å². The van der Waals surface area contributed by atoms with Gasteiger partial charge in [-0.15, -0.1) is 0 Å². The van der Waals surface area contributed by atoms with Gasteiger partial charge in [0.15, 0.2) is 0 Å². The van der Waals surface area contributed by atoms with Crippen molar-refractivity contribution in [2.24, 2.45) is 5.10 Å². The van der Waals surface area contributed by atoms with Crippen molar-refractivity contribution < 1.29 is 0 Å². The minimum absolute atomic E-state index is 0.361. The fourth-order valence-corrected chi connectivity index (χ4v) is 1.48. The lowest BCUT2D eigenvalue weighted by Crippen LogP contribution is -2.22. The average molecular weight is 194 g/mol. The Kier molecular flexibility index (Phi) is 4.16. The summed E-state index contributed by atoms with van der Waals surface area (Å²) >= 11 is 0. The van der Waals surface area contributed by atoms with E-state index in [1.807, 2.05) is 13.1 Å². The number of allylic oxidation sites excluding steroid dienone is 1. The second-order valence-electron chi connectivity index (χ2n) is 3.40. The molecule has 3 N–H and O–H groups in total. The Bertz CT molecular complexity index is 247. The first-order valence-electron chi connectivity index (χ1n) is 4.99. The molecule has 1 aliphatic rings. The minimum Gasteiger partial charge on any atom is -0.389 e. The molecule has 4 heteroatoms. The predicted octanol–water partition coefficient (Wildman–Crippen LogP) is 1.26. The van der Waals surface area contributed by atoms with Crippen LogP contribution in [0.25, 0.3) is 0 Å². The van der Waals surface area contributed by atoms with Gasteiger partial charge in [-0.25, -0.2) is 0 Å². The number of nitrogens with zero attached hydrogens (tertiary/aromatic N) is 1. The van der Waals surface area contributed by atoms with Crippen LogP contribution < -0.4 is 10.7 Å². The smallest absolute Gasteiger partial charge is 0.0531 e. The molecule has 0 radical (unpaired) electrons. The third-order valence-corrected chi connectivity index (χ3v) is 2.30. The zero-order chi connectivity index (χ0) is 10.4. The lowest BCUT2D eigenvalue weighted by atomic mass is 10.0. The van der Waals surface area contributed by atoms with Gasteiger partial charge in [-0.1, -0.05) is 0 Å². The summed E-state index contributed by atoms with van der Waals surface area (Å²) < 4.78 is 0. The van der Waals surface area contributed by atoms with Crippen LogP contribution in [0.2, 0.25) is 0 Å². The summed E-state index contributed by atoms with van der Waals surface area (Å²) in [7, 11) is 0. The second-order valence-corrected chi connectivity index (χ2v) is 3.40. The van der Waals surface area contributed by atoms with Crippen LogP contribution in [0.3, 0.4) is 0 Å². The first kappa shape index (κ1) is 10.8. The molecule has 1 unspecified atom stereocenters. The molecular formula is C10H18N4. The first-order chi connectivity index (χ1) is 6.77. The maximum absolute atomic E-state index is 7.34. The van der Waals surface area contributed by atoms with E-state index in [1.165, 1.54) is 6.21 Å². The standard InChI is InChI=1S/C10H18N4/c1-3-12-8(2)9(7-11)6-10-4-5-13-14-10/h5,7,10-12,14H,3-4,6H2,1-2H3/b9-8-,11-7?. The molecule has 0 spiro atoms. The van der Waals surface area contributed by atoms with Crippen molar-refractivity contribution in [3.63, 3.8) is 0 Å². The summed E-state index contributed by atoms with van der Waals surface area (Å²) in [4.78, 5) is 0. The highest BCUT2D eigenvalue weighted by molar-refractivity contribution is 5.77. The maximum atomic E-state index is 7.34. The number of rotatable bonds is 5. The van der Waals surface area contributed by atoms with Crippen molar-refractivity contribution in [3.8, 4) is 0 Å². The molecule has 1 atom stereocenters. The van der Waals surface area contributed by atoms with Crippen LogP contribution in [-0.2, 0) is 0 Å². The largest absolute Gasteiger partial charge is 0.389 e. The fourth-order valence-electron chi connectivity index (χ4n) is 1.48. The van der Waals surface area contributed by atoms with Gasteiger partial charge in [-0.05, 0) is 25.8 Å². The third kappa shape index (κ3) is 2.87. The average Bonchev–Trinajstić information content (AvgIpc) is 2.66. The van der Waals surface area contributed by atoms with E-state index in [0.717, 1.165) is 30.7 Å². The van der Waals surface area contributed by atoms with Gasteiger partial charge < -0.3 is 16.2 Å². The molecule has 0 aromatic heterocycles. The van der Waals surface area contributed by atoms with E-state index in [2.05, 4.69) is 22.8 Å². The van der Waals surface area contributed by atoms with Gasteiger partial charge in [-0.2, -0.15) is 5.10 Å². The van der Waals surface area contributed by atoms with Gasteiger partial charge in [0.25, 0.3) is 0 Å². The van der Waals surface area contributed by atoms with E-state index < -0.39 is 0 Å². The van der Waals surface area contributed by atoms with E-state index in [-0.39, 0.29) is 0 Å². The van der Waals surface area contributed by atoms with Crippen LogP contribution in [0.4, 0.5) is 0 Å². The highest BCUT2D eigenvalue weighted by Gasteiger charge is 2.13. The molecular weight excluding hydrogens is 176 g/mol. The third-order valence-electron chi connectivity index (χ3n) is 2.30. The first-order valence-corrected chi connectivity index (χ1v) is 4.99. The molecule has 0 amide bonds. The van der Waals surface area contributed by atoms with Crippen molar-refractivity contribution in [2.75, 3.05) is 6.54 Å². The fraction of sp³-hybridized carbons (Fsp3) is 0.600. The van der Waals surface area contributed by atoms with E-state index in [1.54, 1.807) is 0 Å². The van der Waals surface area contributed by atoms with Crippen molar-refractivity contribution >= 4 is 12.4 Å². The normalized spacial score (nSPS) is 21.4. The highest BCUT2D eigenvalue weighted by Crippen LogP contribution is 2.11.